The van der Waals surface area contributed by atoms with Gasteiger partial charge in [0.25, 0.3) is 15.6 Å². The average molecular weight is 473 g/mol. The van der Waals surface area contributed by atoms with E-state index in [1.165, 1.54) is 35.0 Å². The summed E-state index contributed by atoms with van der Waals surface area (Å²) in [6, 6.07) is 10.8. The third-order valence-corrected chi connectivity index (χ3v) is 7.51. The van der Waals surface area contributed by atoms with Gasteiger partial charge in [-0.25, -0.2) is 22.3 Å². The number of thiophene rings is 1. The number of anilines is 2. The fourth-order valence-corrected chi connectivity index (χ4v) is 5.20. The fraction of sp³-hybridized carbons (Fsp3) is 0.0476. The van der Waals surface area contributed by atoms with Crippen LogP contribution in [0.15, 0.2) is 69.1 Å². The van der Waals surface area contributed by atoms with E-state index in [4.69, 9.17) is 5.73 Å². The number of nitrogen functional groups attached to an aromatic ring is 1. The zero-order chi connectivity index (χ0) is 23.0. The number of nitrogens with zero attached hydrogens (tertiary/aromatic N) is 1. The summed E-state index contributed by atoms with van der Waals surface area (Å²) < 4.78 is 41.6. The predicted molar refractivity (Wildman–Crippen MR) is 122 cm³/mol. The van der Waals surface area contributed by atoms with Crippen molar-refractivity contribution in [3.8, 4) is 5.69 Å². The van der Waals surface area contributed by atoms with Crippen LogP contribution in [-0.2, 0) is 10.0 Å². The van der Waals surface area contributed by atoms with Crippen LogP contribution in [0.2, 0.25) is 0 Å². The first-order chi connectivity index (χ1) is 15.1. The van der Waals surface area contributed by atoms with Gasteiger partial charge >= 0.3 is 6.03 Å². The molecular formula is C21H17FN4O4S2. The molecule has 0 atom stereocenters. The van der Waals surface area contributed by atoms with Crippen molar-refractivity contribution >= 4 is 49.5 Å². The first kappa shape index (κ1) is 21.5. The fourth-order valence-electron chi connectivity index (χ4n) is 3.07. The molecule has 32 heavy (non-hydrogen) atoms. The number of aryl methyl sites for hydroxylation is 1. The van der Waals surface area contributed by atoms with Crippen molar-refractivity contribution in [2.75, 3.05) is 11.1 Å². The van der Waals surface area contributed by atoms with Crippen LogP contribution in [-0.4, -0.2) is 19.0 Å². The van der Waals surface area contributed by atoms with E-state index in [9.17, 15) is 22.4 Å². The van der Waals surface area contributed by atoms with E-state index in [1.54, 1.807) is 30.5 Å². The Kier molecular flexibility index (Phi) is 5.45. The van der Waals surface area contributed by atoms with Crippen LogP contribution < -0.4 is 21.3 Å². The second-order valence-corrected chi connectivity index (χ2v) is 9.82. The monoisotopic (exact) mass is 472 g/mol. The second kappa shape index (κ2) is 8.09. The number of halogens is 1. The molecule has 0 fully saturated rings. The zero-order valence-corrected chi connectivity index (χ0v) is 18.3. The Morgan fingerprint density at radius 2 is 1.84 bits per heavy atom. The van der Waals surface area contributed by atoms with Crippen LogP contribution in [0.3, 0.4) is 0 Å². The number of rotatable bonds is 4. The number of nitrogens with one attached hydrogen (secondary N) is 2. The number of amides is 2. The molecule has 0 spiro atoms. The molecule has 2 heterocycles. The molecule has 164 valence electrons. The van der Waals surface area contributed by atoms with Gasteiger partial charge in [0, 0.05) is 17.6 Å². The van der Waals surface area contributed by atoms with E-state index in [0.29, 0.717) is 16.8 Å². The van der Waals surface area contributed by atoms with Gasteiger partial charge in [-0.3, -0.25) is 9.36 Å². The number of sulfonamides is 1. The van der Waals surface area contributed by atoms with E-state index >= 15 is 0 Å². The molecule has 2 amide bonds. The van der Waals surface area contributed by atoms with Crippen molar-refractivity contribution in [3.05, 3.63) is 81.8 Å². The molecule has 2 aromatic heterocycles. The van der Waals surface area contributed by atoms with Crippen LogP contribution in [0.1, 0.15) is 5.56 Å². The summed E-state index contributed by atoms with van der Waals surface area (Å²) in [7, 11) is -3.97. The van der Waals surface area contributed by atoms with Gasteiger partial charge in [-0.1, -0.05) is 0 Å². The molecule has 0 bridgehead atoms. The number of pyridine rings is 1. The molecule has 0 saturated heterocycles. The van der Waals surface area contributed by atoms with Crippen molar-refractivity contribution in [3.63, 3.8) is 0 Å². The van der Waals surface area contributed by atoms with E-state index in [2.05, 4.69) is 5.32 Å². The molecule has 0 aliphatic heterocycles. The topological polar surface area (TPSA) is 123 Å². The number of carbonyl (C=O) groups is 1. The Labute approximate surface area is 186 Å². The van der Waals surface area contributed by atoms with Crippen LogP contribution in [0.25, 0.3) is 16.5 Å². The van der Waals surface area contributed by atoms with E-state index in [1.807, 2.05) is 4.72 Å². The maximum absolute atomic E-state index is 13.8. The Bertz CT molecular complexity index is 1510. The SMILES string of the molecule is Cc1csc(S(=O)(=O)NC(=O)Nc2ccc(-n3ccc4cc(N)c(F)cc4c3=O)cc2)c1. The normalized spacial score (nSPS) is 11.4. The Hall–Kier alpha value is -3.70. The average Bonchev–Trinajstić information content (AvgIpc) is 3.18. The summed E-state index contributed by atoms with van der Waals surface area (Å²) in [6.45, 7) is 1.75. The quantitative estimate of drug-likeness (QED) is 0.392. The number of benzene rings is 2. The summed E-state index contributed by atoms with van der Waals surface area (Å²) in [5.74, 6) is -0.675. The minimum absolute atomic E-state index is 0.0365. The highest BCUT2D eigenvalue weighted by Crippen LogP contribution is 2.21. The predicted octanol–water partition coefficient (Wildman–Crippen LogP) is 3.59. The summed E-state index contributed by atoms with van der Waals surface area (Å²) in [6.07, 6.45) is 1.53. The van der Waals surface area contributed by atoms with Gasteiger partial charge < -0.3 is 11.1 Å². The highest BCUT2D eigenvalue weighted by atomic mass is 32.2. The molecule has 11 heteroatoms. The highest BCUT2D eigenvalue weighted by Gasteiger charge is 2.19. The van der Waals surface area contributed by atoms with Gasteiger partial charge in [-0.2, -0.15) is 0 Å². The van der Waals surface area contributed by atoms with E-state index in [0.717, 1.165) is 23.0 Å². The molecule has 4 rings (SSSR count). The lowest BCUT2D eigenvalue weighted by Gasteiger charge is -2.10. The molecule has 0 saturated carbocycles. The molecule has 0 aliphatic rings. The standard InChI is InChI=1S/C21H17FN4O4S2/c1-12-8-19(31-11-12)32(29,30)25-21(28)24-14-2-4-15(5-3-14)26-7-6-13-9-18(23)17(22)10-16(13)20(26)27/h2-11H,23H2,1H3,(H2,24,25,28). The number of nitrogens with two attached hydrogens (primary N) is 1. The van der Waals surface area contributed by atoms with Crippen LogP contribution in [0, 0.1) is 12.7 Å². The summed E-state index contributed by atoms with van der Waals surface area (Å²) >= 11 is 1.01. The molecule has 8 nitrogen and oxygen atoms in total. The first-order valence-corrected chi connectivity index (χ1v) is 11.6. The van der Waals surface area contributed by atoms with Crippen LogP contribution >= 0.6 is 11.3 Å². The van der Waals surface area contributed by atoms with Gasteiger partial charge in [0.05, 0.1) is 11.1 Å². The van der Waals surface area contributed by atoms with Gasteiger partial charge in [-0.05, 0) is 71.8 Å². The second-order valence-electron chi connectivity index (χ2n) is 7.00. The lowest BCUT2D eigenvalue weighted by molar-refractivity contribution is 0.256. The maximum atomic E-state index is 13.8. The molecule has 2 aromatic carbocycles. The van der Waals surface area contributed by atoms with Crippen LogP contribution in [0.4, 0.5) is 20.6 Å². The summed E-state index contributed by atoms with van der Waals surface area (Å²) in [5.41, 5.74) is 6.65. The Balaban J connectivity index is 1.53. The van der Waals surface area contributed by atoms with Crippen molar-refractivity contribution < 1.29 is 17.6 Å². The number of hydrogen-bond acceptors (Lipinski definition) is 6. The number of carbonyl (C=O) groups excluding carboxylic acids is 1. The molecule has 4 aromatic rings. The molecule has 0 aliphatic carbocycles. The smallest absolute Gasteiger partial charge is 0.333 e. The summed E-state index contributed by atoms with van der Waals surface area (Å²) in [4.78, 5) is 24.9. The molecule has 0 radical (unpaired) electrons. The molecular weight excluding hydrogens is 455 g/mol. The minimum atomic E-state index is -3.97. The van der Waals surface area contributed by atoms with Gasteiger partial charge in [-0.15, -0.1) is 11.3 Å². The number of fused-ring (bicyclic) bond motifs is 1. The van der Waals surface area contributed by atoms with Gasteiger partial charge in [0.2, 0.25) is 0 Å². The maximum Gasteiger partial charge on any atom is 0.333 e. The van der Waals surface area contributed by atoms with Gasteiger partial charge in [0.1, 0.15) is 10.0 Å². The summed E-state index contributed by atoms with van der Waals surface area (Å²) in [5, 5.41) is 4.80. The van der Waals surface area contributed by atoms with Gasteiger partial charge in [0.15, 0.2) is 0 Å². The van der Waals surface area contributed by atoms with E-state index in [-0.39, 0.29) is 15.3 Å². The highest BCUT2D eigenvalue weighted by molar-refractivity contribution is 7.92. The minimum Gasteiger partial charge on any atom is -0.396 e. The van der Waals surface area contributed by atoms with Crippen molar-refractivity contribution in [2.24, 2.45) is 0 Å². The van der Waals surface area contributed by atoms with Crippen molar-refractivity contribution in [1.82, 2.24) is 9.29 Å². The van der Waals surface area contributed by atoms with Crippen molar-refractivity contribution in [2.45, 2.75) is 11.1 Å². The number of hydrogen-bond donors (Lipinski definition) is 3. The lowest BCUT2D eigenvalue weighted by Crippen LogP contribution is -2.33. The lowest BCUT2D eigenvalue weighted by atomic mass is 10.1. The van der Waals surface area contributed by atoms with Crippen LogP contribution in [0.5, 0.6) is 0 Å². The molecule has 4 N–H and O–H groups in total. The Morgan fingerprint density at radius 1 is 1.12 bits per heavy atom. The van der Waals surface area contributed by atoms with Crippen molar-refractivity contribution in [1.29, 1.82) is 0 Å². The van der Waals surface area contributed by atoms with E-state index < -0.39 is 27.4 Å². The third kappa shape index (κ3) is 4.20. The largest absolute Gasteiger partial charge is 0.396 e. The Morgan fingerprint density at radius 3 is 2.50 bits per heavy atom. The number of aromatic nitrogens is 1. The third-order valence-electron chi connectivity index (χ3n) is 4.62. The zero-order valence-electron chi connectivity index (χ0n) is 16.6. The molecule has 0 unspecified atom stereocenters. The first-order valence-electron chi connectivity index (χ1n) is 9.24. The number of urea groups is 1.